The third kappa shape index (κ3) is 1.84. The zero-order valence-electron chi connectivity index (χ0n) is 6.93. The zero-order chi connectivity index (χ0) is 7.78. The maximum absolute atomic E-state index is 4.44. The van der Waals surface area contributed by atoms with Gasteiger partial charge in [0.05, 0.1) is 0 Å². The maximum atomic E-state index is 4.44. The van der Waals surface area contributed by atoms with Gasteiger partial charge in [-0.1, -0.05) is 0 Å². The fourth-order valence-corrected chi connectivity index (χ4v) is 2.98. The SMILES string of the molecule is Cc1cc(C(C)(C)C)[te]n1. The first kappa shape index (κ1) is 8.30. The van der Waals surface area contributed by atoms with E-state index in [-0.39, 0.29) is 20.7 Å². The van der Waals surface area contributed by atoms with Crippen LogP contribution in [0.25, 0.3) is 0 Å². The second-order valence-electron chi connectivity index (χ2n) is 3.58. The molecule has 0 bridgehead atoms. The Labute approximate surface area is 72.5 Å². The molecule has 1 rings (SSSR count). The monoisotopic (exact) mass is 253 g/mol. The van der Waals surface area contributed by atoms with Crippen molar-refractivity contribution in [1.82, 2.24) is 3.21 Å². The van der Waals surface area contributed by atoms with Crippen molar-refractivity contribution in [3.05, 3.63) is 15.3 Å². The standard InChI is InChI=1S/C8H13NTe/c1-6-5-7(10-9-6)8(2,3)4/h5H,1-4H3. The zero-order valence-corrected chi connectivity index (χ0v) is 9.26. The van der Waals surface area contributed by atoms with Crippen molar-refractivity contribution in [2.45, 2.75) is 33.1 Å². The van der Waals surface area contributed by atoms with Gasteiger partial charge in [0.1, 0.15) is 0 Å². The van der Waals surface area contributed by atoms with Gasteiger partial charge in [0.15, 0.2) is 0 Å². The fourth-order valence-electron chi connectivity index (χ4n) is 0.717. The van der Waals surface area contributed by atoms with Crippen LogP contribution in [0, 0.1) is 6.92 Å². The number of rotatable bonds is 0. The third-order valence-corrected chi connectivity index (χ3v) is 5.10. The number of aromatic nitrogens is 1. The van der Waals surface area contributed by atoms with Gasteiger partial charge < -0.3 is 0 Å². The number of hydrogen-bond donors (Lipinski definition) is 0. The summed E-state index contributed by atoms with van der Waals surface area (Å²) >= 11 is -0.171. The number of hydrogen-bond acceptors (Lipinski definition) is 1. The summed E-state index contributed by atoms with van der Waals surface area (Å²) < 4.78 is 6.02. The average molecular weight is 251 g/mol. The van der Waals surface area contributed by atoms with Crippen molar-refractivity contribution >= 4 is 20.7 Å². The van der Waals surface area contributed by atoms with Gasteiger partial charge in [-0.2, -0.15) is 0 Å². The van der Waals surface area contributed by atoms with E-state index in [1.807, 2.05) is 0 Å². The molecule has 2 heteroatoms. The summed E-state index contributed by atoms with van der Waals surface area (Å²) in [4.78, 5) is 0. The summed E-state index contributed by atoms with van der Waals surface area (Å²) in [6, 6.07) is 2.25. The first-order valence-electron chi connectivity index (χ1n) is 3.44. The molecule has 0 saturated carbocycles. The molecule has 0 atom stereocenters. The van der Waals surface area contributed by atoms with Crippen LogP contribution in [0.5, 0.6) is 0 Å². The van der Waals surface area contributed by atoms with Gasteiger partial charge in [0, 0.05) is 0 Å². The van der Waals surface area contributed by atoms with Crippen molar-refractivity contribution in [2.75, 3.05) is 0 Å². The molecule has 0 fully saturated rings. The summed E-state index contributed by atoms with van der Waals surface area (Å²) in [5, 5.41) is 0. The summed E-state index contributed by atoms with van der Waals surface area (Å²) in [6.07, 6.45) is 0. The molecule has 1 aromatic heterocycles. The van der Waals surface area contributed by atoms with Gasteiger partial charge in [-0.3, -0.25) is 0 Å². The molecule has 0 radical (unpaired) electrons. The summed E-state index contributed by atoms with van der Waals surface area (Å²) in [5.41, 5.74) is 1.59. The molecule has 0 aromatic carbocycles. The Morgan fingerprint density at radius 1 is 1.40 bits per heavy atom. The van der Waals surface area contributed by atoms with Crippen LogP contribution in [0.15, 0.2) is 6.07 Å². The summed E-state index contributed by atoms with van der Waals surface area (Å²) in [5.74, 6) is 0. The molecule has 0 aliphatic carbocycles. The minimum absolute atomic E-state index is 0.171. The molecule has 0 saturated heterocycles. The Morgan fingerprint density at radius 2 is 2.00 bits per heavy atom. The molecule has 0 unspecified atom stereocenters. The topological polar surface area (TPSA) is 12.9 Å². The Bertz CT molecular complexity index is 219. The summed E-state index contributed by atoms with van der Waals surface area (Å²) in [6.45, 7) is 8.87. The average Bonchev–Trinajstić information content (AvgIpc) is 2.11. The predicted molar refractivity (Wildman–Crippen MR) is 44.6 cm³/mol. The molecule has 10 heavy (non-hydrogen) atoms. The van der Waals surface area contributed by atoms with E-state index >= 15 is 0 Å². The van der Waals surface area contributed by atoms with Gasteiger partial charge in [0.25, 0.3) is 0 Å². The molecule has 0 aliphatic rings. The van der Waals surface area contributed by atoms with Gasteiger partial charge in [-0.15, -0.1) is 0 Å². The van der Waals surface area contributed by atoms with Crippen LogP contribution in [0.3, 0.4) is 0 Å². The normalized spacial score (nSPS) is 12.0. The van der Waals surface area contributed by atoms with Gasteiger partial charge in [-0.25, -0.2) is 0 Å². The quantitative estimate of drug-likeness (QED) is 0.640. The molecule has 1 heterocycles. The summed E-state index contributed by atoms with van der Waals surface area (Å²) in [7, 11) is 0. The molecular formula is C8H13NTe. The third-order valence-electron chi connectivity index (χ3n) is 1.37. The first-order chi connectivity index (χ1) is 4.50. The predicted octanol–water partition coefficient (Wildman–Crippen LogP) is 1.74. The molecule has 0 aliphatic heterocycles. The Morgan fingerprint density at radius 3 is 2.20 bits per heavy atom. The van der Waals surface area contributed by atoms with Crippen LogP contribution in [0.1, 0.15) is 30.0 Å². The van der Waals surface area contributed by atoms with Gasteiger partial charge in [0.2, 0.25) is 0 Å². The van der Waals surface area contributed by atoms with Crippen molar-refractivity contribution in [1.29, 1.82) is 0 Å². The number of aryl methyl sites for hydroxylation is 1. The van der Waals surface area contributed by atoms with Crippen molar-refractivity contribution in [3.8, 4) is 0 Å². The second kappa shape index (κ2) is 2.68. The van der Waals surface area contributed by atoms with Gasteiger partial charge in [-0.05, 0) is 0 Å². The minimum atomic E-state index is -0.171. The van der Waals surface area contributed by atoms with E-state index in [4.69, 9.17) is 0 Å². The van der Waals surface area contributed by atoms with E-state index in [1.54, 1.807) is 3.58 Å². The molecule has 0 N–H and O–H groups in total. The van der Waals surface area contributed by atoms with E-state index in [2.05, 4.69) is 37.0 Å². The fraction of sp³-hybridized carbons (Fsp3) is 0.625. The number of nitrogens with zero attached hydrogens (tertiary/aromatic N) is 1. The van der Waals surface area contributed by atoms with E-state index in [9.17, 15) is 0 Å². The van der Waals surface area contributed by atoms with Crippen LogP contribution in [0.2, 0.25) is 0 Å². The Kier molecular flexibility index (Phi) is 2.22. The molecule has 56 valence electrons. The van der Waals surface area contributed by atoms with Crippen molar-refractivity contribution < 1.29 is 0 Å². The van der Waals surface area contributed by atoms with Crippen LogP contribution in [-0.2, 0) is 5.41 Å². The first-order valence-corrected chi connectivity index (χ1v) is 5.65. The molecule has 1 nitrogen and oxygen atoms in total. The van der Waals surface area contributed by atoms with E-state index in [0.29, 0.717) is 5.41 Å². The van der Waals surface area contributed by atoms with Crippen LogP contribution < -0.4 is 0 Å². The van der Waals surface area contributed by atoms with Crippen molar-refractivity contribution in [2.24, 2.45) is 0 Å². The van der Waals surface area contributed by atoms with Gasteiger partial charge >= 0.3 is 72.4 Å². The van der Waals surface area contributed by atoms with Crippen molar-refractivity contribution in [3.63, 3.8) is 0 Å². The van der Waals surface area contributed by atoms with Crippen LogP contribution in [-0.4, -0.2) is 23.9 Å². The van der Waals surface area contributed by atoms with E-state index in [1.165, 1.54) is 5.69 Å². The van der Waals surface area contributed by atoms with E-state index < -0.39 is 0 Å². The van der Waals surface area contributed by atoms with E-state index in [0.717, 1.165) is 0 Å². The molecule has 0 spiro atoms. The molecule has 1 aromatic rings. The van der Waals surface area contributed by atoms with Crippen LogP contribution in [0.4, 0.5) is 0 Å². The second-order valence-corrected chi connectivity index (χ2v) is 5.88. The Balaban J connectivity index is 2.96. The molecule has 0 amide bonds. The van der Waals surface area contributed by atoms with Crippen LogP contribution >= 0.6 is 0 Å². The molecular weight excluding hydrogens is 238 g/mol. The Hall–Kier alpha value is 0.200.